The van der Waals surface area contributed by atoms with E-state index in [4.69, 9.17) is 9.47 Å². The Morgan fingerprint density at radius 2 is 1.76 bits per heavy atom. The molecule has 0 bridgehead atoms. The van der Waals surface area contributed by atoms with Gasteiger partial charge in [-0.15, -0.1) is 0 Å². The summed E-state index contributed by atoms with van der Waals surface area (Å²) in [5.74, 6) is -2.15. The van der Waals surface area contributed by atoms with Gasteiger partial charge in [0.1, 0.15) is 6.10 Å². The smallest absolute Gasteiger partial charge is 0.320 e. The number of thioether (sulfide) groups is 1. The molecule has 0 saturated heterocycles. The number of ketones is 1. The Morgan fingerprint density at radius 1 is 1.03 bits per heavy atom. The number of ether oxygens (including phenoxy) is 2. The standard InChI is InChI=1S/C31H43NO5S/c1-7-9-18-36-31(35)29(28(16-19-38-6)37-23(4)33)30(34)26-15-14-24(21-32(5)17-8-2)20-27(26)25-13-11-10-12-22(25)3/h10-15,20,28-29H,7-9,16-19,21H2,1-6H3. The lowest BCUT2D eigenvalue weighted by molar-refractivity contribution is -0.158. The van der Waals surface area contributed by atoms with Gasteiger partial charge in [-0.3, -0.25) is 14.4 Å². The van der Waals surface area contributed by atoms with E-state index < -0.39 is 24.0 Å². The third-order valence-corrected chi connectivity index (χ3v) is 7.06. The van der Waals surface area contributed by atoms with Crippen molar-refractivity contribution in [2.24, 2.45) is 5.92 Å². The first-order chi connectivity index (χ1) is 18.2. The topological polar surface area (TPSA) is 72.9 Å². The van der Waals surface area contributed by atoms with Gasteiger partial charge in [-0.2, -0.15) is 11.8 Å². The normalized spacial score (nSPS) is 12.7. The highest BCUT2D eigenvalue weighted by Gasteiger charge is 2.39. The van der Waals surface area contributed by atoms with Crippen molar-refractivity contribution in [2.75, 3.05) is 32.2 Å². The summed E-state index contributed by atoms with van der Waals surface area (Å²) >= 11 is 1.57. The van der Waals surface area contributed by atoms with Gasteiger partial charge in [-0.1, -0.05) is 56.7 Å². The van der Waals surface area contributed by atoms with Crippen LogP contribution in [0.2, 0.25) is 0 Å². The second-order valence-electron chi connectivity index (χ2n) is 9.72. The molecule has 0 aliphatic rings. The molecule has 0 aromatic heterocycles. The SMILES string of the molecule is CCCCOC(=O)C(C(=O)c1ccc(CN(C)CCC)cc1-c1ccccc1C)C(CCSC)OC(C)=O. The first kappa shape index (κ1) is 31.6. The molecule has 0 spiro atoms. The summed E-state index contributed by atoms with van der Waals surface area (Å²) in [6, 6.07) is 13.7. The van der Waals surface area contributed by atoms with E-state index in [-0.39, 0.29) is 12.4 Å². The Bertz CT molecular complexity index is 1070. The van der Waals surface area contributed by atoms with Crippen LogP contribution in [0.5, 0.6) is 0 Å². The number of carbonyl (C=O) groups excluding carboxylic acids is 3. The number of hydrogen-bond donors (Lipinski definition) is 0. The molecule has 6 nitrogen and oxygen atoms in total. The molecule has 0 aliphatic heterocycles. The lowest BCUT2D eigenvalue weighted by Crippen LogP contribution is -2.40. The van der Waals surface area contributed by atoms with Crippen molar-refractivity contribution in [1.82, 2.24) is 4.90 Å². The van der Waals surface area contributed by atoms with Crippen LogP contribution in [0.3, 0.4) is 0 Å². The minimum Gasteiger partial charge on any atom is -0.465 e. The lowest BCUT2D eigenvalue weighted by atomic mass is 9.85. The minimum atomic E-state index is -1.24. The summed E-state index contributed by atoms with van der Waals surface area (Å²) in [5.41, 5.74) is 4.24. The number of aryl methyl sites for hydroxylation is 1. The van der Waals surface area contributed by atoms with Crippen LogP contribution in [0.4, 0.5) is 0 Å². The number of carbonyl (C=O) groups is 3. The molecular formula is C31H43NO5S. The van der Waals surface area contributed by atoms with E-state index >= 15 is 0 Å². The average molecular weight is 542 g/mol. The van der Waals surface area contributed by atoms with Crippen LogP contribution in [0.15, 0.2) is 42.5 Å². The van der Waals surface area contributed by atoms with Gasteiger partial charge < -0.3 is 14.4 Å². The van der Waals surface area contributed by atoms with Crippen molar-refractivity contribution in [3.05, 3.63) is 59.2 Å². The van der Waals surface area contributed by atoms with Crippen molar-refractivity contribution < 1.29 is 23.9 Å². The van der Waals surface area contributed by atoms with Gasteiger partial charge >= 0.3 is 11.9 Å². The summed E-state index contributed by atoms with van der Waals surface area (Å²) in [5, 5.41) is 0. The Labute approximate surface area is 232 Å². The van der Waals surface area contributed by atoms with E-state index in [1.165, 1.54) is 6.92 Å². The van der Waals surface area contributed by atoms with E-state index in [1.54, 1.807) is 11.8 Å². The monoisotopic (exact) mass is 541 g/mol. The highest BCUT2D eigenvalue weighted by atomic mass is 32.2. The Kier molecular flexibility index (Phi) is 13.6. The molecule has 2 aromatic carbocycles. The fraction of sp³-hybridized carbons (Fsp3) is 0.516. The van der Waals surface area contributed by atoms with Crippen molar-refractivity contribution in [2.45, 2.75) is 66.0 Å². The lowest BCUT2D eigenvalue weighted by Gasteiger charge is -2.26. The van der Waals surface area contributed by atoms with Gasteiger partial charge in [0.15, 0.2) is 11.7 Å². The van der Waals surface area contributed by atoms with E-state index in [0.29, 0.717) is 24.2 Å². The quantitative estimate of drug-likeness (QED) is 0.106. The number of esters is 2. The summed E-state index contributed by atoms with van der Waals surface area (Å²) in [6.45, 7) is 9.39. The fourth-order valence-electron chi connectivity index (χ4n) is 4.52. The number of hydrogen-bond acceptors (Lipinski definition) is 7. The second-order valence-corrected chi connectivity index (χ2v) is 10.7. The van der Waals surface area contributed by atoms with Crippen LogP contribution >= 0.6 is 11.8 Å². The van der Waals surface area contributed by atoms with Gasteiger partial charge in [0, 0.05) is 19.0 Å². The highest BCUT2D eigenvalue weighted by Crippen LogP contribution is 2.32. The number of rotatable bonds is 16. The molecule has 0 saturated carbocycles. The van der Waals surface area contributed by atoms with Crippen LogP contribution in [-0.2, 0) is 25.6 Å². The maximum atomic E-state index is 14.2. The Hall–Kier alpha value is -2.64. The predicted octanol–water partition coefficient (Wildman–Crippen LogP) is 6.33. The largest absolute Gasteiger partial charge is 0.465 e. The van der Waals surface area contributed by atoms with Crippen molar-refractivity contribution in [3.8, 4) is 11.1 Å². The molecule has 0 radical (unpaired) electrons. The molecule has 2 atom stereocenters. The number of benzene rings is 2. The number of nitrogens with zero attached hydrogens (tertiary/aromatic N) is 1. The molecule has 208 valence electrons. The molecule has 0 heterocycles. The summed E-state index contributed by atoms with van der Waals surface area (Å²) in [7, 11) is 2.08. The van der Waals surface area contributed by atoms with E-state index in [2.05, 4.69) is 18.9 Å². The van der Waals surface area contributed by atoms with Crippen LogP contribution in [0.25, 0.3) is 11.1 Å². The zero-order valence-corrected chi connectivity index (χ0v) is 24.6. The maximum absolute atomic E-state index is 14.2. The molecule has 0 fully saturated rings. The zero-order chi connectivity index (χ0) is 28.1. The molecule has 0 amide bonds. The van der Waals surface area contributed by atoms with E-state index in [0.717, 1.165) is 48.2 Å². The first-order valence-electron chi connectivity index (χ1n) is 13.5. The predicted molar refractivity (Wildman–Crippen MR) is 155 cm³/mol. The molecule has 0 N–H and O–H groups in total. The summed E-state index contributed by atoms with van der Waals surface area (Å²) < 4.78 is 11.1. The summed E-state index contributed by atoms with van der Waals surface area (Å²) in [4.78, 5) is 41.8. The molecular weight excluding hydrogens is 498 g/mol. The Balaban J connectivity index is 2.62. The van der Waals surface area contributed by atoms with Crippen LogP contribution in [0.1, 0.15) is 67.9 Å². The highest BCUT2D eigenvalue weighted by molar-refractivity contribution is 7.98. The van der Waals surface area contributed by atoms with Crippen molar-refractivity contribution >= 4 is 29.5 Å². The van der Waals surface area contributed by atoms with Gasteiger partial charge in [0.2, 0.25) is 0 Å². The first-order valence-corrected chi connectivity index (χ1v) is 14.9. The van der Waals surface area contributed by atoms with Gasteiger partial charge in [-0.05, 0) is 80.1 Å². The molecule has 38 heavy (non-hydrogen) atoms. The van der Waals surface area contributed by atoms with Crippen LogP contribution in [-0.4, -0.2) is 60.9 Å². The third-order valence-electron chi connectivity index (χ3n) is 6.42. The van der Waals surface area contributed by atoms with Crippen molar-refractivity contribution in [3.63, 3.8) is 0 Å². The second kappa shape index (κ2) is 16.4. The van der Waals surface area contributed by atoms with Crippen molar-refractivity contribution in [1.29, 1.82) is 0 Å². The summed E-state index contributed by atoms with van der Waals surface area (Å²) in [6.07, 6.45) is 4.02. The Morgan fingerprint density at radius 3 is 2.39 bits per heavy atom. The van der Waals surface area contributed by atoms with E-state index in [1.807, 2.05) is 62.6 Å². The van der Waals surface area contributed by atoms with Gasteiger partial charge in [0.05, 0.1) is 6.61 Å². The molecule has 0 aliphatic carbocycles. The maximum Gasteiger partial charge on any atom is 0.320 e. The minimum absolute atomic E-state index is 0.224. The van der Waals surface area contributed by atoms with Crippen LogP contribution < -0.4 is 0 Å². The fourth-order valence-corrected chi connectivity index (χ4v) is 4.99. The molecule has 2 aromatic rings. The number of unbranched alkanes of at least 4 members (excludes halogenated alkanes) is 1. The molecule has 2 unspecified atom stereocenters. The van der Waals surface area contributed by atoms with Gasteiger partial charge in [0.25, 0.3) is 0 Å². The number of Topliss-reactive ketones (excluding diaryl/α,β-unsaturated/α-hetero) is 1. The van der Waals surface area contributed by atoms with Gasteiger partial charge in [-0.25, -0.2) is 0 Å². The molecule has 2 rings (SSSR count). The average Bonchev–Trinajstić information content (AvgIpc) is 2.87. The zero-order valence-electron chi connectivity index (χ0n) is 23.7. The van der Waals surface area contributed by atoms with E-state index in [9.17, 15) is 14.4 Å². The van der Waals surface area contributed by atoms with Crippen LogP contribution in [0, 0.1) is 12.8 Å². The third kappa shape index (κ3) is 9.28. The molecule has 7 heteroatoms.